The third-order valence-electron chi connectivity index (χ3n) is 4.78. The number of halogens is 1. The summed E-state index contributed by atoms with van der Waals surface area (Å²) in [6.07, 6.45) is -1.10. The zero-order chi connectivity index (χ0) is 25.1. The van der Waals surface area contributed by atoms with Gasteiger partial charge in [-0.15, -0.1) is 0 Å². The summed E-state index contributed by atoms with van der Waals surface area (Å²) in [5, 5.41) is 22.0. The molecule has 34 heavy (non-hydrogen) atoms. The lowest BCUT2D eigenvalue weighted by Gasteiger charge is -2.20. The number of benzene rings is 2. The lowest BCUT2D eigenvalue weighted by molar-refractivity contribution is -0.173. The molecule has 2 aromatic carbocycles. The number of carboxylic acids is 1. The van der Waals surface area contributed by atoms with Crippen molar-refractivity contribution in [2.45, 2.75) is 44.8 Å². The quantitative estimate of drug-likeness (QED) is 0.248. The molecule has 3 N–H and O–H groups in total. The van der Waals surface area contributed by atoms with E-state index in [1.807, 2.05) is 30.3 Å². The molecule has 0 aliphatic heterocycles. The molecule has 0 fully saturated rings. The average molecular weight is 492 g/mol. The Balaban J connectivity index is 2.02. The maximum absolute atomic E-state index is 12.0. The Morgan fingerprint density at radius 3 is 2.35 bits per heavy atom. The zero-order valence-corrected chi connectivity index (χ0v) is 19.3. The van der Waals surface area contributed by atoms with Crippen molar-refractivity contribution in [2.75, 3.05) is 6.79 Å². The SMILES string of the molecule is CCCC(=O)OCOC(=O)[C@H](O)C[C@@H](Cc1ccc(-c2cccc(Cl)c2)cc1)NC(=O)C(=O)O. The van der Waals surface area contributed by atoms with Crippen LogP contribution in [0.4, 0.5) is 0 Å². The van der Waals surface area contributed by atoms with Crippen LogP contribution in [0.25, 0.3) is 11.1 Å². The molecule has 0 saturated heterocycles. The van der Waals surface area contributed by atoms with Crippen molar-refractivity contribution in [1.29, 1.82) is 0 Å². The van der Waals surface area contributed by atoms with Crippen molar-refractivity contribution in [3.8, 4) is 11.1 Å². The predicted octanol–water partition coefficient (Wildman–Crippen LogP) is 2.71. The Morgan fingerprint density at radius 2 is 1.74 bits per heavy atom. The fourth-order valence-electron chi connectivity index (χ4n) is 3.12. The van der Waals surface area contributed by atoms with Gasteiger partial charge in [0.05, 0.1) is 0 Å². The number of aliphatic carboxylic acids is 1. The van der Waals surface area contributed by atoms with Gasteiger partial charge in [0.25, 0.3) is 0 Å². The number of ether oxygens (including phenoxy) is 2. The van der Waals surface area contributed by atoms with Crippen LogP contribution < -0.4 is 5.32 Å². The fraction of sp³-hybridized carbons (Fsp3) is 0.333. The average Bonchev–Trinajstić information content (AvgIpc) is 2.79. The maximum atomic E-state index is 12.0. The van der Waals surface area contributed by atoms with Crippen LogP contribution in [0.3, 0.4) is 0 Å². The van der Waals surface area contributed by atoms with Gasteiger partial charge in [-0.3, -0.25) is 9.59 Å². The van der Waals surface area contributed by atoms with Crippen molar-refractivity contribution >= 4 is 35.4 Å². The van der Waals surface area contributed by atoms with E-state index in [1.54, 1.807) is 25.1 Å². The summed E-state index contributed by atoms with van der Waals surface area (Å²) < 4.78 is 9.43. The number of rotatable bonds is 11. The molecule has 0 radical (unpaired) electrons. The molecular formula is C24H26ClNO8. The number of nitrogens with one attached hydrogen (secondary N) is 1. The summed E-state index contributed by atoms with van der Waals surface area (Å²) in [5.74, 6) is -4.57. The molecule has 0 unspecified atom stereocenters. The van der Waals surface area contributed by atoms with Gasteiger partial charge in [0.1, 0.15) is 0 Å². The van der Waals surface area contributed by atoms with Gasteiger partial charge in [-0.1, -0.05) is 54.9 Å². The lowest BCUT2D eigenvalue weighted by Crippen LogP contribution is -2.43. The van der Waals surface area contributed by atoms with E-state index < -0.39 is 42.8 Å². The van der Waals surface area contributed by atoms with Gasteiger partial charge in [-0.2, -0.15) is 0 Å². The van der Waals surface area contributed by atoms with E-state index in [-0.39, 0.29) is 19.3 Å². The number of esters is 2. The number of amides is 1. The van der Waals surface area contributed by atoms with Gasteiger partial charge in [-0.25, -0.2) is 9.59 Å². The van der Waals surface area contributed by atoms with Crippen molar-refractivity contribution < 1.29 is 38.9 Å². The molecule has 0 spiro atoms. The van der Waals surface area contributed by atoms with Gasteiger partial charge in [0, 0.05) is 23.9 Å². The van der Waals surface area contributed by atoms with Crippen LogP contribution in [0, 0.1) is 0 Å². The van der Waals surface area contributed by atoms with E-state index in [0.29, 0.717) is 11.4 Å². The zero-order valence-electron chi connectivity index (χ0n) is 18.5. The third-order valence-corrected chi connectivity index (χ3v) is 5.01. The first-order valence-electron chi connectivity index (χ1n) is 10.6. The molecule has 0 heterocycles. The molecule has 0 aliphatic carbocycles. The molecular weight excluding hydrogens is 466 g/mol. The van der Waals surface area contributed by atoms with Crippen LogP contribution in [-0.4, -0.2) is 53.0 Å². The van der Waals surface area contributed by atoms with Crippen molar-refractivity contribution in [3.63, 3.8) is 0 Å². The molecule has 0 saturated carbocycles. The second kappa shape index (κ2) is 13.3. The molecule has 2 atom stereocenters. The highest BCUT2D eigenvalue weighted by atomic mass is 35.5. The third kappa shape index (κ3) is 8.84. The molecule has 0 bridgehead atoms. The Morgan fingerprint density at radius 1 is 1.03 bits per heavy atom. The van der Waals surface area contributed by atoms with Gasteiger partial charge in [0.2, 0.25) is 6.79 Å². The molecule has 9 nitrogen and oxygen atoms in total. The van der Waals surface area contributed by atoms with Crippen LogP contribution in [0.1, 0.15) is 31.7 Å². The minimum atomic E-state index is -1.69. The second-order valence-electron chi connectivity index (χ2n) is 7.49. The van der Waals surface area contributed by atoms with Crippen molar-refractivity contribution in [2.24, 2.45) is 0 Å². The normalized spacial score (nSPS) is 12.3. The van der Waals surface area contributed by atoms with Crippen LogP contribution >= 0.6 is 11.6 Å². The van der Waals surface area contributed by atoms with Crippen LogP contribution in [0.2, 0.25) is 5.02 Å². The minimum Gasteiger partial charge on any atom is -0.474 e. The second-order valence-corrected chi connectivity index (χ2v) is 7.92. The Bertz CT molecular complexity index is 1010. The first-order chi connectivity index (χ1) is 16.2. The number of carboxylic acid groups (broad SMARTS) is 1. The van der Waals surface area contributed by atoms with Gasteiger partial charge in [0.15, 0.2) is 6.10 Å². The number of hydrogen-bond acceptors (Lipinski definition) is 7. The van der Waals surface area contributed by atoms with E-state index in [2.05, 4.69) is 5.32 Å². The summed E-state index contributed by atoms with van der Waals surface area (Å²) in [4.78, 5) is 46.0. The van der Waals surface area contributed by atoms with E-state index in [4.69, 9.17) is 26.2 Å². The van der Waals surface area contributed by atoms with E-state index in [1.165, 1.54) is 0 Å². The molecule has 0 aliphatic rings. The van der Waals surface area contributed by atoms with Crippen molar-refractivity contribution in [3.05, 3.63) is 59.1 Å². The molecule has 10 heteroatoms. The smallest absolute Gasteiger partial charge is 0.394 e. The lowest BCUT2D eigenvalue weighted by atomic mass is 9.98. The van der Waals surface area contributed by atoms with E-state index in [0.717, 1.165) is 16.7 Å². The van der Waals surface area contributed by atoms with E-state index in [9.17, 15) is 24.3 Å². The Labute approximate surface area is 201 Å². The Hall–Kier alpha value is -3.43. The monoisotopic (exact) mass is 491 g/mol. The fourth-order valence-corrected chi connectivity index (χ4v) is 3.31. The summed E-state index contributed by atoms with van der Waals surface area (Å²) in [6, 6.07) is 13.7. The van der Waals surface area contributed by atoms with Crippen LogP contribution in [0.15, 0.2) is 48.5 Å². The van der Waals surface area contributed by atoms with Gasteiger partial charge < -0.3 is 25.0 Å². The predicted molar refractivity (Wildman–Crippen MR) is 123 cm³/mol. The number of aliphatic hydroxyl groups is 1. The number of aliphatic hydroxyl groups excluding tert-OH is 1. The number of carbonyl (C=O) groups excluding carboxylic acids is 3. The summed E-state index contributed by atoms with van der Waals surface area (Å²) in [7, 11) is 0. The number of hydrogen-bond donors (Lipinski definition) is 3. The van der Waals surface area contributed by atoms with Crippen LogP contribution in [0.5, 0.6) is 0 Å². The van der Waals surface area contributed by atoms with E-state index >= 15 is 0 Å². The largest absolute Gasteiger partial charge is 0.474 e. The molecule has 1 amide bonds. The first kappa shape index (κ1) is 26.8. The van der Waals surface area contributed by atoms with Crippen LogP contribution in [-0.2, 0) is 35.1 Å². The summed E-state index contributed by atoms with van der Waals surface area (Å²) in [5.41, 5.74) is 2.54. The molecule has 2 rings (SSSR count). The Kier molecular flexibility index (Phi) is 10.5. The summed E-state index contributed by atoms with van der Waals surface area (Å²) >= 11 is 6.03. The van der Waals surface area contributed by atoms with Crippen molar-refractivity contribution in [1.82, 2.24) is 5.32 Å². The summed E-state index contributed by atoms with van der Waals surface area (Å²) in [6.45, 7) is 1.14. The van der Waals surface area contributed by atoms with Gasteiger partial charge >= 0.3 is 23.8 Å². The molecule has 182 valence electrons. The van der Waals surface area contributed by atoms with Gasteiger partial charge in [-0.05, 0) is 41.7 Å². The highest BCUT2D eigenvalue weighted by molar-refractivity contribution is 6.31. The number of carbonyl (C=O) groups is 4. The first-order valence-corrected chi connectivity index (χ1v) is 11.0. The highest BCUT2D eigenvalue weighted by Crippen LogP contribution is 2.23. The maximum Gasteiger partial charge on any atom is 0.394 e. The minimum absolute atomic E-state index is 0.144. The topological polar surface area (TPSA) is 139 Å². The standard InChI is InChI=1S/C24H26ClNO8/c1-2-4-21(28)33-14-34-24(32)20(27)13-19(26-22(29)23(30)31)11-15-7-9-16(10-8-15)17-5-3-6-18(25)12-17/h3,5-10,12,19-20,27H,2,4,11,13-14H2,1H3,(H,26,29)(H,30,31)/t19-,20-/m1/s1. The highest BCUT2D eigenvalue weighted by Gasteiger charge is 2.25. The molecule has 0 aromatic heterocycles. The molecule has 2 aromatic rings.